The van der Waals surface area contributed by atoms with Crippen LogP contribution < -0.4 is 10.2 Å². The van der Waals surface area contributed by atoms with Gasteiger partial charge in [-0.1, -0.05) is 26.7 Å². The molecule has 6 nitrogen and oxygen atoms in total. The minimum atomic E-state index is 0.367. The number of hydrogen-bond donors (Lipinski definition) is 1. The van der Waals surface area contributed by atoms with Gasteiger partial charge >= 0.3 is 0 Å². The zero-order valence-corrected chi connectivity index (χ0v) is 14.9. The van der Waals surface area contributed by atoms with E-state index in [2.05, 4.69) is 40.1 Å². The van der Waals surface area contributed by atoms with E-state index in [9.17, 15) is 0 Å². The van der Waals surface area contributed by atoms with Gasteiger partial charge in [-0.05, 0) is 18.8 Å². The third-order valence-corrected chi connectivity index (χ3v) is 5.23. The Kier molecular flexibility index (Phi) is 6.26. The number of rotatable bonds is 6. The predicted molar refractivity (Wildman–Crippen MR) is 95.5 cm³/mol. The maximum absolute atomic E-state index is 6.01. The van der Waals surface area contributed by atoms with Gasteiger partial charge in [-0.2, -0.15) is 0 Å². The van der Waals surface area contributed by atoms with Gasteiger partial charge in [0.1, 0.15) is 18.0 Å². The van der Waals surface area contributed by atoms with Crippen LogP contribution in [0.1, 0.15) is 39.5 Å². The molecule has 1 aromatic rings. The Morgan fingerprint density at radius 2 is 2.00 bits per heavy atom. The highest BCUT2D eigenvalue weighted by Gasteiger charge is 2.27. The van der Waals surface area contributed by atoms with E-state index in [1.165, 1.54) is 12.8 Å². The molecule has 2 aliphatic heterocycles. The number of hydrogen-bond acceptors (Lipinski definition) is 6. The van der Waals surface area contributed by atoms with Gasteiger partial charge in [0.05, 0.1) is 19.3 Å². The van der Waals surface area contributed by atoms with Crippen LogP contribution in [-0.4, -0.2) is 55.0 Å². The van der Waals surface area contributed by atoms with Crippen molar-refractivity contribution in [1.82, 2.24) is 9.97 Å². The molecule has 0 radical (unpaired) electrons. The second-order valence-electron chi connectivity index (χ2n) is 6.71. The van der Waals surface area contributed by atoms with Gasteiger partial charge in [-0.3, -0.25) is 0 Å². The molecule has 0 bridgehead atoms. The Morgan fingerprint density at radius 1 is 1.21 bits per heavy atom. The van der Waals surface area contributed by atoms with Gasteiger partial charge in [0, 0.05) is 31.8 Å². The van der Waals surface area contributed by atoms with Gasteiger partial charge in [0.2, 0.25) is 0 Å². The molecule has 3 heterocycles. The van der Waals surface area contributed by atoms with Crippen LogP contribution in [0.3, 0.4) is 0 Å². The molecule has 2 atom stereocenters. The Bertz CT molecular complexity index is 504. The second kappa shape index (κ2) is 8.62. The Labute approximate surface area is 145 Å². The third kappa shape index (κ3) is 4.36. The molecular weight excluding hydrogens is 304 g/mol. The first-order valence-corrected chi connectivity index (χ1v) is 9.33. The van der Waals surface area contributed by atoms with Crippen molar-refractivity contribution in [3.05, 3.63) is 12.4 Å². The smallest absolute Gasteiger partial charge is 0.134 e. The van der Waals surface area contributed by atoms with Crippen molar-refractivity contribution in [2.24, 2.45) is 5.92 Å². The summed E-state index contributed by atoms with van der Waals surface area (Å²) in [6.07, 6.45) is 6.49. The van der Waals surface area contributed by atoms with Crippen molar-refractivity contribution in [3.8, 4) is 0 Å². The number of nitrogens with one attached hydrogen (secondary N) is 1. The third-order valence-electron chi connectivity index (χ3n) is 5.23. The molecule has 134 valence electrons. The van der Waals surface area contributed by atoms with Crippen LogP contribution in [0.4, 0.5) is 11.6 Å². The molecule has 2 aliphatic rings. The fourth-order valence-electron chi connectivity index (χ4n) is 3.70. The lowest BCUT2D eigenvalue weighted by Gasteiger charge is -2.34. The first-order chi connectivity index (χ1) is 11.8. The quantitative estimate of drug-likeness (QED) is 0.863. The van der Waals surface area contributed by atoms with Crippen molar-refractivity contribution >= 4 is 11.6 Å². The summed E-state index contributed by atoms with van der Waals surface area (Å²) in [5.74, 6) is 2.56. The van der Waals surface area contributed by atoms with Gasteiger partial charge in [-0.25, -0.2) is 9.97 Å². The average molecular weight is 334 g/mol. The van der Waals surface area contributed by atoms with Crippen LogP contribution in [0.25, 0.3) is 0 Å². The SMILES string of the molecule is CCC(CC)C1CC(Nc2cc(N3CCOCC3)ncn2)CCO1. The molecule has 3 rings (SSSR count). The van der Waals surface area contributed by atoms with Gasteiger partial charge < -0.3 is 19.7 Å². The summed E-state index contributed by atoms with van der Waals surface area (Å²) in [7, 11) is 0. The Balaban J connectivity index is 1.60. The van der Waals surface area contributed by atoms with E-state index in [4.69, 9.17) is 9.47 Å². The lowest BCUT2D eigenvalue weighted by atomic mass is 9.89. The minimum Gasteiger partial charge on any atom is -0.378 e. The Morgan fingerprint density at radius 3 is 2.75 bits per heavy atom. The van der Waals surface area contributed by atoms with E-state index in [-0.39, 0.29) is 0 Å². The lowest BCUT2D eigenvalue weighted by molar-refractivity contribution is -0.0271. The molecule has 0 saturated carbocycles. The molecular formula is C18H30N4O2. The molecule has 0 aromatic carbocycles. The van der Waals surface area contributed by atoms with E-state index in [1.807, 2.05) is 0 Å². The number of nitrogens with zero attached hydrogens (tertiary/aromatic N) is 3. The van der Waals surface area contributed by atoms with E-state index >= 15 is 0 Å². The first-order valence-electron chi connectivity index (χ1n) is 9.33. The highest BCUT2D eigenvalue weighted by atomic mass is 16.5. The van der Waals surface area contributed by atoms with Crippen molar-refractivity contribution in [2.75, 3.05) is 43.1 Å². The van der Waals surface area contributed by atoms with Crippen LogP contribution in [0, 0.1) is 5.92 Å². The van der Waals surface area contributed by atoms with Crippen LogP contribution >= 0.6 is 0 Å². The minimum absolute atomic E-state index is 0.367. The highest BCUT2D eigenvalue weighted by Crippen LogP contribution is 2.27. The van der Waals surface area contributed by atoms with Gasteiger partial charge in [0.25, 0.3) is 0 Å². The molecule has 1 aromatic heterocycles. The maximum Gasteiger partial charge on any atom is 0.134 e. The topological polar surface area (TPSA) is 59.5 Å². The zero-order valence-electron chi connectivity index (χ0n) is 14.9. The average Bonchev–Trinajstić information content (AvgIpc) is 2.64. The van der Waals surface area contributed by atoms with E-state index in [0.29, 0.717) is 18.1 Å². The van der Waals surface area contributed by atoms with E-state index in [1.54, 1.807) is 6.33 Å². The molecule has 24 heavy (non-hydrogen) atoms. The fraction of sp³-hybridized carbons (Fsp3) is 0.778. The molecule has 2 unspecified atom stereocenters. The molecule has 6 heteroatoms. The van der Waals surface area contributed by atoms with E-state index in [0.717, 1.165) is 57.4 Å². The molecule has 0 spiro atoms. The Hall–Kier alpha value is -1.40. The number of ether oxygens (including phenoxy) is 2. The standard InChI is InChI=1S/C18H30N4O2/c1-3-14(4-2)16-11-15(5-8-24-16)21-17-12-18(20-13-19-17)22-6-9-23-10-7-22/h12-16H,3-11H2,1-2H3,(H,19,20,21). The number of anilines is 2. The largest absolute Gasteiger partial charge is 0.378 e. The van der Waals surface area contributed by atoms with Crippen LogP contribution in [-0.2, 0) is 9.47 Å². The summed E-state index contributed by atoms with van der Waals surface area (Å²) in [6.45, 7) is 8.67. The monoisotopic (exact) mass is 334 g/mol. The van der Waals surface area contributed by atoms with Crippen LogP contribution in [0.15, 0.2) is 12.4 Å². The first kappa shape index (κ1) is 17.4. The zero-order chi connectivity index (χ0) is 16.8. The van der Waals surface area contributed by atoms with Crippen molar-refractivity contribution < 1.29 is 9.47 Å². The summed E-state index contributed by atoms with van der Waals surface area (Å²) in [4.78, 5) is 11.1. The fourth-order valence-corrected chi connectivity index (χ4v) is 3.70. The van der Waals surface area contributed by atoms with E-state index < -0.39 is 0 Å². The number of morpholine rings is 1. The molecule has 0 aliphatic carbocycles. The molecule has 0 amide bonds. The lowest BCUT2D eigenvalue weighted by Crippen LogP contribution is -2.38. The van der Waals surface area contributed by atoms with Gasteiger partial charge in [0.15, 0.2) is 0 Å². The van der Waals surface area contributed by atoms with Gasteiger partial charge in [-0.15, -0.1) is 0 Å². The van der Waals surface area contributed by atoms with Crippen molar-refractivity contribution in [1.29, 1.82) is 0 Å². The number of aromatic nitrogens is 2. The molecule has 2 saturated heterocycles. The highest BCUT2D eigenvalue weighted by molar-refractivity contribution is 5.49. The normalized spacial score (nSPS) is 25.0. The molecule has 1 N–H and O–H groups in total. The maximum atomic E-state index is 6.01. The summed E-state index contributed by atoms with van der Waals surface area (Å²) >= 11 is 0. The second-order valence-corrected chi connectivity index (χ2v) is 6.71. The molecule has 2 fully saturated rings. The predicted octanol–water partition coefficient (Wildman–Crippen LogP) is 2.71. The van der Waals surface area contributed by atoms with Crippen molar-refractivity contribution in [2.45, 2.75) is 51.7 Å². The summed E-state index contributed by atoms with van der Waals surface area (Å²) in [5.41, 5.74) is 0. The summed E-state index contributed by atoms with van der Waals surface area (Å²) in [6, 6.07) is 2.49. The van der Waals surface area contributed by atoms with Crippen molar-refractivity contribution in [3.63, 3.8) is 0 Å². The summed E-state index contributed by atoms with van der Waals surface area (Å²) in [5, 5.41) is 3.60. The summed E-state index contributed by atoms with van der Waals surface area (Å²) < 4.78 is 11.4. The van der Waals surface area contributed by atoms with Crippen LogP contribution in [0.5, 0.6) is 0 Å². The van der Waals surface area contributed by atoms with Crippen LogP contribution in [0.2, 0.25) is 0 Å².